The highest BCUT2D eigenvalue weighted by atomic mass is 127. The molecule has 3 amide bonds. The van der Waals surface area contributed by atoms with E-state index in [0.29, 0.717) is 18.1 Å². The third-order valence-electron chi connectivity index (χ3n) is 3.58. The average molecular weight is 529 g/mol. The molecule has 134 valence electrons. The molecule has 3 rings (SSSR count). The van der Waals surface area contributed by atoms with E-state index in [4.69, 9.17) is 9.47 Å². The van der Waals surface area contributed by atoms with Crippen molar-refractivity contribution in [1.29, 1.82) is 0 Å². The van der Waals surface area contributed by atoms with Gasteiger partial charge >= 0.3 is 6.03 Å². The molecule has 1 aliphatic heterocycles. The molecule has 1 saturated heterocycles. The second-order valence-corrected chi connectivity index (χ2v) is 7.49. The van der Waals surface area contributed by atoms with E-state index in [1.165, 1.54) is 0 Å². The quantitative estimate of drug-likeness (QED) is 0.351. The summed E-state index contributed by atoms with van der Waals surface area (Å²) in [5, 5.41) is 4.62. The number of rotatable bonds is 5. The summed E-state index contributed by atoms with van der Waals surface area (Å²) in [7, 11) is 1.55. The van der Waals surface area contributed by atoms with Crippen molar-refractivity contribution in [3.8, 4) is 11.5 Å². The van der Waals surface area contributed by atoms with Gasteiger partial charge in [-0.1, -0.05) is 28.1 Å². The number of nitrogens with one attached hydrogen (secondary N) is 2. The predicted octanol–water partition coefficient (Wildman–Crippen LogP) is 3.82. The molecule has 0 saturated carbocycles. The first-order chi connectivity index (χ1) is 12.5. The van der Waals surface area contributed by atoms with Crippen molar-refractivity contribution in [3.05, 3.63) is 61.3 Å². The predicted molar refractivity (Wildman–Crippen MR) is 109 cm³/mol. The fourth-order valence-corrected chi connectivity index (χ4v) is 3.39. The van der Waals surface area contributed by atoms with Gasteiger partial charge in [-0.05, 0) is 64.1 Å². The Kier molecular flexibility index (Phi) is 5.82. The van der Waals surface area contributed by atoms with Crippen LogP contribution in [0.25, 0.3) is 6.08 Å². The number of ether oxygens (including phenoxy) is 2. The van der Waals surface area contributed by atoms with E-state index in [-0.39, 0.29) is 5.70 Å². The number of hydrogen-bond acceptors (Lipinski definition) is 4. The van der Waals surface area contributed by atoms with Crippen LogP contribution in [-0.4, -0.2) is 19.0 Å². The Balaban J connectivity index is 1.83. The van der Waals surface area contributed by atoms with Crippen LogP contribution >= 0.6 is 38.5 Å². The molecule has 1 aliphatic rings. The summed E-state index contributed by atoms with van der Waals surface area (Å²) >= 11 is 5.55. The fraction of sp³-hybridized carbons (Fsp3) is 0.111. The second-order valence-electron chi connectivity index (χ2n) is 5.42. The number of urea groups is 1. The van der Waals surface area contributed by atoms with Gasteiger partial charge in [0, 0.05) is 4.47 Å². The molecule has 26 heavy (non-hydrogen) atoms. The van der Waals surface area contributed by atoms with E-state index in [1.807, 2.05) is 30.3 Å². The molecule has 2 N–H and O–H groups in total. The lowest BCUT2D eigenvalue weighted by atomic mass is 10.1. The standard InChI is InChI=1S/C18H14BrIN2O4/c1-25-15-8-11(7-14-17(23)22-18(24)21-14)6-13(20)16(15)26-9-10-2-4-12(19)5-3-10/h2-8H,9H2,1H3,(H2,21,22,23,24)/b14-7+. The Bertz CT molecular complexity index is 897. The topological polar surface area (TPSA) is 76.7 Å². The largest absolute Gasteiger partial charge is 0.493 e. The first kappa shape index (κ1) is 18.7. The van der Waals surface area contributed by atoms with Crippen molar-refractivity contribution in [2.24, 2.45) is 0 Å². The van der Waals surface area contributed by atoms with Gasteiger partial charge in [-0.3, -0.25) is 10.1 Å². The zero-order valence-electron chi connectivity index (χ0n) is 13.6. The summed E-state index contributed by atoms with van der Waals surface area (Å²) in [4.78, 5) is 22.9. The van der Waals surface area contributed by atoms with Crippen LogP contribution in [0, 0.1) is 3.57 Å². The summed E-state index contributed by atoms with van der Waals surface area (Å²) in [5.74, 6) is 0.711. The summed E-state index contributed by atoms with van der Waals surface area (Å²) < 4.78 is 13.2. The highest BCUT2D eigenvalue weighted by molar-refractivity contribution is 14.1. The molecular weight excluding hydrogens is 515 g/mol. The Labute approximate surface area is 172 Å². The SMILES string of the molecule is COc1cc(/C=C2/NC(=O)NC2=O)cc(I)c1OCc1ccc(Br)cc1. The summed E-state index contributed by atoms with van der Waals surface area (Å²) in [6.45, 7) is 0.401. The molecule has 0 radical (unpaired) electrons. The van der Waals surface area contributed by atoms with Crippen LogP contribution < -0.4 is 20.1 Å². The molecule has 1 heterocycles. The maximum absolute atomic E-state index is 11.7. The van der Waals surface area contributed by atoms with Crippen LogP contribution in [0.15, 0.2) is 46.6 Å². The number of amides is 3. The Morgan fingerprint density at radius 2 is 1.88 bits per heavy atom. The zero-order valence-corrected chi connectivity index (χ0v) is 17.4. The normalized spacial score (nSPS) is 15.0. The maximum Gasteiger partial charge on any atom is 0.326 e. The molecule has 8 heteroatoms. The van der Waals surface area contributed by atoms with Gasteiger partial charge in [0.15, 0.2) is 11.5 Å². The molecule has 0 aromatic heterocycles. The number of halogens is 2. The van der Waals surface area contributed by atoms with Gasteiger partial charge in [-0.25, -0.2) is 4.79 Å². The minimum atomic E-state index is -0.530. The third kappa shape index (κ3) is 4.36. The van der Waals surface area contributed by atoms with Gasteiger partial charge in [-0.2, -0.15) is 0 Å². The van der Waals surface area contributed by atoms with E-state index in [9.17, 15) is 9.59 Å². The number of imide groups is 1. The molecule has 0 atom stereocenters. The van der Waals surface area contributed by atoms with Crippen LogP contribution in [0.5, 0.6) is 11.5 Å². The van der Waals surface area contributed by atoms with Crippen LogP contribution in [0.1, 0.15) is 11.1 Å². The summed E-state index contributed by atoms with van der Waals surface area (Å²) in [6, 6.07) is 10.9. The van der Waals surface area contributed by atoms with Crippen LogP contribution in [-0.2, 0) is 11.4 Å². The van der Waals surface area contributed by atoms with Crippen LogP contribution in [0.2, 0.25) is 0 Å². The van der Waals surface area contributed by atoms with E-state index < -0.39 is 11.9 Å². The van der Waals surface area contributed by atoms with Crippen molar-refractivity contribution in [2.45, 2.75) is 6.61 Å². The number of benzene rings is 2. The first-order valence-corrected chi connectivity index (χ1v) is 9.42. The van der Waals surface area contributed by atoms with Crippen molar-refractivity contribution in [1.82, 2.24) is 10.6 Å². The van der Waals surface area contributed by atoms with E-state index in [0.717, 1.165) is 19.2 Å². The second kappa shape index (κ2) is 8.09. The highest BCUT2D eigenvalue weighted by Gasteiger charge is 2.23. The van der Waals surface area contributed by atoms with Gasteiger partial charge in [0.25, 0.3) is 5.91 Å². The van der Waals surface area contributed by atoms with Gasteiger partial charge in [0.1, 0.15) is 12.3 Å². The first-order valence-electron chi connectivity index (χ1n) is 7.55. The number of methoxy groups -OCH3 is 1. The lowest BCUT2D eigenvalue weighted by Crippen LogP contribution is -2.22. The zero-order chi connectivity index (χ0) is 18.7. The molecular formula is C18H14BrIN2O4. The number of carbonyl (C=O) groups excluding carboxylic acids is 2. The van der Waals surface area contributed by atoms with E-state index in [2.05, 4.69) is 49.2 Å². The van der Waals surface area contributed by atoms with Crippen molar-refractivity contribution >= 4 is 56.5 Å². The number of hydrogen-bond donors (Lipinski definition) is 2. The van der Waals surface area contributed by atoms with Gasteiger partial charge in [0.2, 0.25) is 0 Å². The molecule has 6 nitrogen and oxygen atoms in total. The lowest BCUT2D eigenvalue weighted by Gasteiger charge is -2.14. The average Bonchev–Trinajstić information content (AvgIpc) is 2.92. The van der Waals surface area contributed by atoms with Gasteiger partial charge < -0.3 is 14.8 Å². The molecule has 0 bridgehead atoms. The van der Waals surface area contributed by atoms with Gasteiger partial charge in [-0.15, -0.1) is 0 Å². The van der Waals surface area contributed by atoms with Gasteiger partial charge in [0.05, 0.1) is 10.7 Å². The lowest BCUT2D eigenvalue weighted by molar-refractivity contribution is -0.115. The summed E-state index contributed by atoms with van der Waals surface area (Å²) in [5.41, 5.74) is 1.94. The fourth-order valence-electron chi connectivity index (χ4n) is 2.35. The molecule has 1 fully saturated rings. The maximum atomic E-state index is 11.7. The minimum Gasteiger partial charge on any atom is -0.493 e. The van der Waals surface area contributed by atoms with E-state index >= 15 is 0 Å². The Hall–Kier alpha value is -2.07. The smallest absolute Gasteiger partial charge is 0.326 e. The minimum absolute atomic E-state index is 0.191. The number of carbonyl (C=O) groups is 2. The van der Waals surface area contributed by atoms with Crippen LogP contribution in [0.3, 0.4) is 0 Å². The molecule has 0 unspecified atom stereocenters. The molecule has 0 spiro atoms. The van der Waals surface area contributed by atoms with Crippen LogP contribution in [0.4, 0.5) is 4.79 Å². The van der Waals surface area contributed by atoms with Crippen molar-refractivity contribution < 1.29 is 19.1 Å². The van der Waals surface area contributed by atoms with Crippen molar-refractivity contribution in [2.75, 3.05) is 7.11 Å². The van der Waals surface area contributed by atoms with E-state index in [1.54, 1.807) is 19.3 Å². The Morgan fingerprint density at radius 3 is 2.50 bits per heavy atom. The third-order valence-corrected chi connectivity index (χ3v) is 4.91. The van der Waals surface area contributed by atoms with Crippen molar-refractivity contribution in [3.63, 3.8) is 0 Å². The molecule has 0 aliphatic carbocycles. The summed E-state index contributed by atoms with van der Waals surface area (Å²) in [6.07, 6.45) is 1.59. The molecule has 2 aromatic rings. The Morgan fingerprint density at radius 1 is 1.15 bits per heavy atom. The monoisotopic (exact) mass is 528 g/mol. The molecule has 2 aromatic carbocycles. The highest BCUT2D eigenvalue weighted by Crippen LogP contribution is 2.35.